The summed E-state index contributed by atoms with van der Waals surface area (Å²) in [5.41, 5.74) is 9.62. The summed E-state index contributed by atoms with van der Waals surface area (Å²) in [4.78, 5) is 51.6. The van der Waals surface area contributed by atoms with Crippen molar-refractivity contribution in [3.8, 4) is 12.8 Å². The number of sulfonamides is 1. The van der Waals surface area contributed by atoms with E-state index in [9.17, 15) is 27.6 Å². The Bertz CT molecular complexity index is 1940. The highest BCUT2D eigenvalue weighted by Gasteiger charge is 2.25. The van der Waals surface area contributed by atoms with Crippen molar-refractivity contribution >= 4 is 39.6 Å². The maximum Gasteiger partial charge on any atom is 0.332 e. The van der Waals surface area contributed by atoms with Gasteiger partial charge in [0.25, 0.3) is 0 Å². The number of esters is 1. The Morgan fingerprint density at radius 2 is 1.28 bits per heavy atom. The van der Waals surface area contributed by atoms with Gasteiger partial charge in [0.05, 0.1) is 12.3 Å². The van der Waals surface area contributed by atoms with Crippen molar-refractivity contribution in [2.45, 2.75) is 71.9 Å². The summed E-state index contributed by atoms with van der Waals surface area (Å²) in [5, 5.41) is 8.75. The zero-order chi connectivity index (χ0) is 42.5. The van der Waals surface area contributed by atoms with Gasteiger partial charge in [-0.25, -0.2) is 17.9 Å². The molecule has 0 bridgehead atoms. The van der Waals surface area contributed by atoms with E-state index in [1.54, 1.807) is 61.5 Å². The van der Waals surface area contributed by atoms with Crippen molar-refractivity contribution in [1.82, 2.24) is 15.4 Å². The smallest absolute Gasteiger partial charge is 0.332 e. The number of rotatable bonds is 17. The number of nitrogens with zero attached hydrogens (tertiary/aromatic N) is 1. The van der Waals surface area contributed by atoms with E-state index in [0.717, 1.165) is 16.7 Å². The van der Waals surface area contributed by atoms with E-state index in [-0.39, 0.29) is 37.1 Å². The number of carbonyl (C=O) groups excluding carboxylic acids is 4. The molecule has 2 amide bonds. The lowest BCUT2D eigenvalue weighted by Gasteiger charge is -2.19. The van der Waals surface area contributed by atoms with Gasteiger partial charge in [0.2, 0.25) is 21.8 Å². The highest BCUT2D eigenvalue weighted by molar-refractivity contribution is 7.88. The number of amides is 2. The van der Waals surface area contributed by atoms with Gasteiger partial charge < -0.3 is 25.9 Å². The molecule has 1 atom stereocenters. The van der Waals surface area contributed by atoms with Crippen LogP contribution < -0.4 is 21.1 Å². The number of amidine groups is 1. The summed E-state index contributed by atoms with van der Waals surface area (Å²) in [6.07, 6.45) is 9.11. The third kappa shape index (κ3) is 21.4. The Hall–Kier alpha value is -6.30. The summed E-state index contributed by atoms with van der Waals surface area (Å²) < 4.78 is 33.1. The highest BCUT2D eigenvalue weighted by atomic mass is 32.2. The van der Waals surface area contributed by atoms with E-state index in [1.165, 1.54) is 6.92 Å². The summed E-state index contributed by atoms with van der Waals surface area (Å²) in [5.74, 6) is -2.04. The number of terminal acetylenes is 1. The molecule has 0 aliphatic carbocycles. The first-order valence-electron chi connectivity index (χ1n) is 18.2. The van der Waals surface area contributed by atoms with Gasteiger partial charge in [-0.15, -0.1) is 12.8 Å². The molecule has 0 heterocycles. The van der Waals surface area contributed by atoms with E-state index in [4.69, 9.17) is 10.5 Å². The molecule has 0 aromatic heterocycles. The molecule has 4 aromatic rings. The number of hydrogen-bond donors (Lipinski definition) is 4. The molecule has 57 heavy (non-hydrogen) atoms. The van der Waals surface area contributed by atoms with Crippen LogP contribution in [0.15, 0.2) is 120 Å². The van der Waals surface area contributed by atoms with Crippen LogP contribution >= 0.6 is 0 Å². The van der Waals surface area contributed by atoms with E-state index < -0.39 is 33.8 Å². The van der Waals surface area contributed by atoms with Crippen LogP contribution in [0.5, 0.6) is 0 Å². The monoisotopic (exact) mass is 799 g/mol. The molecule has 0 fully saturated rings. The third-order valence-electron chi connectivity index (χ3n) is 7.37. The molecule has 5 N–H and O–H groups in total. The number of nitrogens with one attached hydrogen (secondary N) is 3. The predicted molar refractivity (Wildman–Crippen MR) is 222 cm³/mol. The normalized spacial score (nSPS) is 10.9. The molecule has 4 rings (SSSR count). The molecule has 0 saturated carbocycles. The molecular formula is C43H53N5O8S. The number of benzene rings is 4. The molecule has 14 heteroatoms. The second-order valence-corrected chi connectivity index (χ2v) is 13.4. The van der Waals surface area contributed by atoms with Gasteiger partial charge in [0.1, 0.15) is 12.6 Å². The summed E-state index contributed by atoms with van der Waals surface area (Å²) in [7, 11) is -3.84. The number of aryl methyl sites for hydroxylation is 1. The molecule has 0 radical (unpaired) electrons. The van der Waals surface area contributed by atoms with Gasteiger partial charge in [-0.1, -0.05) is 141 Å². The second-order valence-electron chi connectivity index (χ2n) is 11.7. The zero-order valence-electron chi connectivity index (χ0n) is 32.9. The molecule has 0 unspecified atom stereocenters. The van der Waals surface area contributed by atoms with Gasteiger partial charge in [-0.05, 0) is 35.1 Å². The van der Waals surface area contributed by atoms with E-state index in [1.807, 2.05) is 74.5 Å². The lowest BCUT2D eigenvalue weighted by atomic mass is 10.1. The highest BCUT2D eigenvalue weighted by Crippen LogP contribution is 2.10. The predicted octanol–water partition coefficient (Wildman–Crippen LogP) is 5.14. The number of carbonyl (C=O) groups is 4. The van der Waals surface area contributed by atoms with Crippen LogP contribution in [0.4, 0.5) is 0 Å². The second kappa shape index (κ2) is 28.2. The van der Waals surface area contributed by atoms with Crippen molar-refractivity contribution in [3.63, 3.8) is 0 Å². The minimum atomic E-state index is -3.84. The molecule has 0 saturated heterocycles. The quantitative estimate of drug-likeness (QED) is 0.0279. The van der Waals surface area contributed by atoms with Crippen LogP contribution in [-0.2, 0) is 64.1 Å². The van der Waals surface area contributed by atoms with Crippen LogP contribution in [0.25, 0.3) is 0 Å². The first-order valence-corrected chi connectivity index (χ1v) is 19.8. The van der Waals surface area contributed by atoms with E-state index in [0.29, 0.717) is 30.6 Å². The number of hydrogen-bond acceptors (Lipinski definition) is 9. The lowest BCUT2D eigenvalue weighted by Crippen LogP contribution is -2.49. The molecular weight excluding hydrogens is 747 g/mol. The van der Waals surface area contributed by atoms with Gasteiger partial charge in [0.15, 0.2) is 5.84 Å². The van der Waals surface area contributed by atoms with Crippen molar-refractivity contribution < 1.29 is 37.2 Å². The Morgan fingerprint density at radius 1 is 0.754 bits per heavy atom. The van der Waals surface area contributed by atoms with Crippen molar-refractivity contribution in [2.24, 2.45) is 10.9 Å². The molecule has 0 aliphatic heterocycles. The van der Waals surface area contributed by atoms with Crippen LogP contribution in [0, 0.1) is 12.8 Å². The number of nitrogens with two attached hydrogens (primary N) is 1. The van der Waals surface area contributed by atoms with Gasteiger partial charge in [-0.2, -0.15) is 0 Å². The average Bonchev–Trinajstić information content (AvgIpc) is 3.24. The topological polar surface area (TPSA) is 195 Å². The fourth-order valence-corrected chi connectivity index (χ4v) is 5.98. The zero-order valence-corrected chi connectivity index (χ0v) is 33.7. The maximum atomic E-state index is 13.0. The molecule has 4 aromatic carbocycles. The average molecular weight is 800 g/mol. The Morgan fingerprint density at radius 3 is 1.81 bits per heavy atom. The minimum absolute atomic E-state index is 0.0275. The van der Waals surface area contributed by atoms with Crippen LogP contribution in [0.2, 0.25) is 0 Å². The number of oxime groups is 1. The van der Waals surface area contributed by atoms with Crippen molar-refractivity contribution in [1.29, 1.82) is 0 Å². The lowest BCUT2D eigenvalue weighted by molar-refractivity contribution is -0.144. The van der Waals surface area contributed by atoms with Crippen LogP contribution in [0.3, 0.4) is 0 Å². The van der Waals surface area contributed by atoms with Gasteiger partial charge >= 0.3 is 11.9 Å². The van der Waals surface area contributed by atoms with Crippen molar-refractivity contribution in [2.75, 3.05) is 6.54 Å². The maximum absolute atomic E-state index is 13.0. The van der Waals surface area contributed by atoms with E-state index >= 15 is 0 Å². The first kappa shape index (κ1) is 48.7. The van der Waals surface area contributed by atoms with Crippen LogP contribution in [0.1, 0.15) is 68.4 Å². The molecule has 304 valence electrons. The fraction of sp³-hybridized carbons (Fsp3) is 0.279. The molecule has 0 aliphatic rings. The fourth-order valence-electron chi connectivity index (χ4n) is 4.60. The van der Waals surface area contributed by atoms with Crippen LogP contribution in [-0.4, -0.2) is 50.6 Å². The minimum Gasteiger partial charge on any atom is -0.461 e. The van der Waals surface area contributed by atoms with Crippen molar-refractivity contribution in [3.05, 3.63) is 143 Å². The van der Waals surface area contributed by atoms with E-state index in [2.05, 4.69) is 38.2 Å². The Balaban J connectivity index is 0.000000852. The third-order valence-corrected chi connectivity index (χ3v) is 8.73. The Kier molecular flexibility index (Phi) is 24.1. The largest absolute Gasteiger partial charge is 0.461 e. The summed E-state index contributed by atoms with van der Waals surface area (Å²) >= 11 is 0. The molecule has 13 nitrogen and oxygen atoms in total. The number of ether oxygens (including phenoxy) is 1. The molecule has 0 spiro atoms. The van der Waals surface area contributed by atoms with Gasteiger partial charge in [0, 0.05) is 25.5 Å². The first-order chi connectivity index (χ1) is 27.4. The summed E-state index contributed by atoms with van der Waals surface area (Å²) in [6, 6.07) is 33.4. The van der Waals surface area contributed by atoms with Gasteiger partial charge in [-0.3, -0.25) is 14.4 Å². The SMILES string of the molecule is C#C.CC.CC(=O)O/N=C(\N)c1ccc(CNC(=O)CNC(=O)[C@@H](CCc2ccccc2)NS(=O)(=O)Cc2ccccc2)cc1.CCC(=O)OCc1ccccc1. The standard InChI is InChI=1S/C29H33N5O6S.C10H12O2.C2H6.C2H2/c1-21(35)40-33-28(30)25-15-12-23(13-16-25)18-31-27(36)19-32-29(37)26(17-14-22-8-4-2-5-9-22)34-41(38,39)20-24-10-6-3-7-11-24;1-2-10(11)12-8-9-6-4-3-5-7-9;2*1-2/h2-13,15-16,26,34H,14,17-20H2,1H3,(H2,30,33)(H,31,36)(H,32,37);3-7H,2,8H2,1H3;1-2H3;1-2H/t26-;;;/m1.../s1. The summed E-state index contributed by atoms with van der Waals surface area (Å²) in [6.45, 7) is 7.22. The Labute approximate surface area is 336 Å².